The quantitative estimate of drug-likeness (QED) is 0.726. The Balaban J connectivity index is 2.25. The molecule has 0 aromatic rings. The molecule has 1 fully saturated rings. The van der Waals surface area contributed by atoms with Crippen LogP contribution in [-0.2, 0) is 0 Å². The van der Waals surface area contributed by atoms with E-state index in [0.29, 0.717) is 11.1 Å². The van der Waals surface area contributed by atoms with E-state index in [0.717, 1.165) is 29.2 Å². The van der Waals surface area contributed by atoms with Crippen molar-refractivity contribution in [1.82, 2.24) is 9.94 Å². The molecule has 0 radical (unpaired) electrons. The van der Waals surface area contributed by atoms with Crippen LogP contribution in [-0.4, -0.2) is 28.2 Å². The standard InChI is InChI=1S/C12H14N4O/c13-10-3-4-11(15-7-1-2-8-15)12-9(10)5-6-14-16(12)17/h3-6,13,17H,1-2,7-8H2. The summed E-state index contributed by atoms with van der Waals surface area (Å²) >= 11 is 0. The maximum absolute atomic E-state index is 9.83. The van der Waals surface area contributed by atoms with Crippen molar-refractivity contribution in [3.8, 4) is 11.3 Å². The average molecular weight is 230 g/mol. The summed E-state index contributed by atoms with van der Waals surface area (Å²) in [5, 5.41) is 21.9. The summed E-state index contributed by atoms with van der Waals surface area (Å²) in [5.41, 5.74) is 2.32. The molecule has 0 atom stereocenters. The Hall–Kier alpha value is -2.04. The van der Waals surface area contributed by atoms with Crippen LogP contribution in [0.4, 0.5) is 5.69 Å². The Bertz CT molecular complexity index is 571. The van der Waals surface area contributed by atoms with Crippen molar-refractivity contribution in [2.75, 3.05) is 18.0 Å². The van der Waals surface area contributed by atoms with E-state index in [1.165, 1.54) is 19.0 Å². The van der Waals surface area contributed by atoms with Gasteiger partial charge in [0.25, 0.3) is 0 Å². The Labute approximate surface area is 98.7 Å². The zero-order chi connectivity index (χ0) is 11.8. The highest BCUT2D eigenvalue weighted by atomic mass is 16.5. The Morgan fingerprint density at radius 2 is 1.94 bits per heavy atom. The molecule has 3 aliphatic rings. The fourth-order valence-electron chi connectivity index (χ4n) is 2.42. The molecule has 5 nitrogen and oxygen atoms in total. The number of fused-ring (bicyclic) bond motifs is 1. The molecule has 0 aromatic carbocycles. The Morgan fingerprint density at radius 3 is 2.71 bits per heavy atom. The number of nitrogens with zero attached hydrogens (tertiary/aromatic N) is 3. The van der Waals surface area contributed by atoms with Gasteiger partial charge >= 0.3 is 0 Å². The van der Waals surface area contributed by atoms with Gasteiger partial charge in [0.15, 0.2) is 0 Å². The molecule has 17 heavy (non-hydrogen) atoms. The van der Waals surface area contributed by atoms with Crippen molar-refractivity contribution < 1.29 is 5.21 Å². The van der Waals surface area contributed by atoms with Crippen LogP contribution in [0.1, 0.15) is 12.8 Å². The van der Waals surface area contributed by atoms with Gasteiger partial charge in [0.1, 0.15) is 5.69 Å². The SMILES string of the molecule is N=c1ccc(N2CCCC2)c2n(O)nccc1-2. The monoisotopic (exact) mass is 230 g/mol. The lowest BCUT2D eigenvalue weighted by molar-refractivity contribution is 0.149. The molecule has 2 N–H and O–H groups in total. The minimum absolute atomic E-state index is 0.410. The number of anilines is 1. The maximum atomic E-state index is 9.83. The second-order valence-electron chi connectivity index (χ2n) is 4.31. The van der Waals surface area contributed by atoms with E-state index in [1.807, 2.05) is 6.07 Å². The summed E-state index contributed by atoms with van der Waals surface area (Å²) in [6.07, 6.45) is 3.86. The summed E-state index contributed by atoms with van der Waals surface area (Å²) in [7, 11) is 0. The molecule has 5 heteroatoms. The van der Waals surface area contributed by atoms with E-state index in [-0.39, 0.29) is 0 Å². The van der Waals surface area contributed by atoms with Crippen molar-refractivity contribution in [1.29, 1.82) is 5.41 Å². The highest BCUT2D eigenvalue weighted by Gasteiger charge is 2.21. The number of hydrogen-bond donors (Lipinski definition) is 2. The van der Waals surface area contributed by atoms with Gasteiger partial charge in [0.05, 0.1) is 17.2 Å². The van der Waals surface area contributed by atoms with Crippen LogP contribution in [0.2, 0.25) is 0 Å². The highest BCUT2D eigenvalue weighted by Crippen LogP contribution is 2.30. The third-order valence-electron chi connectivity index (χ3n) is 3.26. The molecule has 0 unspecified atom stereocenters. The first-order chi connectivity index (χ1) is 8.27. The highest BCUT2D eigenvalue weighted by molar-refractivity contribution is 5.76. The minimum atomic E-state index is 0.410. The van der Waals surface area contributed by atoms with Crippen LogP contribution < -0.4 is 10.3 Å². The normalized spacial score (nSPS) is 15.6. The van der Waals surface area contributed by atoms with Gasteiger partial charge in [-0.05, 0) is 31.0 Å². The van der Waals surface area contributed by atoms with Crippen LogP contribution in [0.15, 0.2) is 24.4 Å². The molecule has 1 aliphatic carbocycles. The third-order valence-corrected chi connectivity index (χ3v) is 3.26. The number of hydrogen-bond acceptors (Lipinski definition) is 4. The van der Waals surface area contributed by atoms with Crippen LogP contribution in [0.3, 0.4) is 0 Å². The first-order valence-corrected chi connectivity index (χ1v) is 5.77. The van der Waals surface area contributed by atoms with Crippen molar-refractivity contribution in [3.05, 3.63) is 29.8 Å². The fraction of sp³-hybridized carbons (Fsp3) is 0.333. The van der Waals surface area contributed by atoms with E-state index in [4.69, 9.17) is 5.41 Å². The summed E-state index contributed by atoms with van der Waals surface area (Å²) < 4.78 is 0. The van der Waals surface area contributed by atoms with Gasteiger partial charge in [-0.2, -0.15) is 0 Å². The molecule has 0 spiro atoms. The summed E-state index contributed by atoms with van der Waals surface area (Å²) in [6.45, 7) is 2.00. The molecule has 0 amide bonds. The molecule has 1 saturated heterocycles. The fourth-order valence-corrected chi connectivity index (χ4v) is 2.42. The lowest BCUT2D eigenvalue weighted by Gasteiger charge is -2.22. The Kier molecular flexibility index (Phi) is 2.24. The number of benzene rings is 1. The van der Waals surface area contributed by atoms with Gasteiger partial charge in [-0.15, -0.1) is 5.10 Å². The summed E-state index contributed by atoms with van der Waals surface area (Å²) in [6, 6.07) is 5.43. The Morgan fingerprint density at radius 1 is 1.18 bits per heavy atom. The van der Waals surface area contributed by atoms with Crippen LogP contribution in [0, 0.1) is 5.41 Å². The minimum Gasteiger partial charge on any atom is -0.411 e. The zero-order valence-corrected chi connectivity index (χ0v) is 9.43. The number of aromatic nitrogens is 2. The molecular formula is C12H14N4O. The first kappa shape index (κ1) is 10.1. The third kappa shape index (κ3) is 1.54. The number of rotatable bonds is 1. The van der Waals surface area contributed by atoms with Crippen molar-refractivity contribution in [2.24, 2.45) is 0 Å². The lowest BCUT2D eigenvalue weighted by Crippen LogP contribution is -2.23. The largest absolute Gasteiger partial charge is 0.411 e. The summed E-state index contributed by atoms with van der Waals surface area (Å²) in [4.78, 5) is 3.11. The van der Waals surface area contributed by atoms with Gasteiger partial charge in [0, 0.05) is 18.7 Å². The topological polar surface area (TPSA) is 65.1 Å². The van der Waals surface area contributed by atoms with Crippen molar-refractivity contribution >= 4 is 5.69 Å². The van der Waals surface area contributed by atoms with Crippen LogP contribution in [0.5, 0.6) is 0 Å². The summed E-state index contributed by atoms with van der Waals surface area (Å²) in [5.74, 6) is 0. The average Bonchev–Trinajstić information content (AvgIpc) is 2.84. The van der Waals surface area contributed by atoms with E-state index >= 15 is 0 Å². The lowest BCUT2D eigenvalue weighted by atomic mass is 10.1. The second-order valence-corrected chi connectivity index (χ2v) is 4.31. The smallest absolute Gasteiger partial charge is 0.134 e. The van der Waals surface area contributed by atoms with Crippen molar-refractivity contribution in [3.63, 3.8) is 0 Å². The van der Waals surface area contributed by atoms with Gasteiger partial charge < -0.3 is 15.5 Å². The van der Waals surface area contributed by atoms with Gasteiger partial charge in [-0.1, -0.05) is 4.85 Å². The molecule has 2 heterocycles. The zero-order valence-electron chi connectivity index (χ0n) is 9.43. The molecule has 3 rings (SSSR count). The van der Waals surface area contributed by atoms with Crippen LogP contribution in [0.25, 0.3) is 11.3 Å². The second kappa shape index (κ2) is 3.76. The first-order valence-electron chi connectivity index (χ1n) is 5.77. The van der Waals surface area contributed by atoms with Crippen LogP contribution >= 0.6 is 0 Å². The molecular weight excluding hydrogens is 216 g/mol. The molecule has 88 valence electrons. The van der Waals surface area contributed by atoms with E-state index in [2.05, 4.69) is 10.00 Å². The molecule has 0 saturated carbocycles. The van der Waals surface area contributed by atoms with E-state index < -0.39 is 0 Å². The molecule has 0 aromatic heterocycles. The molecule has 0 bridgehead atoms. The van der Waals surface area contributed by atoms with Gasteiger partial charge in [-0.3, -0.25) is 0 Å². The predicted molar refractivity (Wildman–Crippen MR) is 63.3 cm³/mol. The predicted octanol–water partition coefficient (Wildman–Crippen LogP) is 1.30. The van der Waals surface area contributed by atoms with Crippen molar-refractivity contribution in [2.45, 2.75) is 12.8 Å². The molecule has 2 aliphatic heterocycles. The van der Waals surface area contributed by atoms with Gasteiger partial charge in [-0.25, -0.2) is 0 Å². The van der Waals surface area contributed by atoms with E-state index in [1.54, 1.807) is 12.1 Å². The maximum Gasteiger partial charge on any atom is 0.134 e. The van der Waals surface area contributed by atoms with E-state index in [9.17, 15) is 5.21 Å². The van der Waals surface area contributed by atoms with Gasteiger partial charge in [0.2, 0.25) is 0 Å². The number of nitrogens with one attached hydrogen (secondary N) is 1.